The molecule has 8 nitrogen and oxygen atoms in total. The van der Waals surface area contributed by atoms with E-state index in [1.807, 2.05) is 0 Å². The van der Waals surface area contributed by atoms with Crippen molar-refractivity contribution in [3.8, 4) is 11.3 Å². The second kappa shape index (κ2) is 10.1. The fourth-order valence-electron chi connectivity index (χ4n) is 3.96. The van der Waals surface area contributed by atoms with Gasteiger partial charge in [0.15, 0.2) is 5.82 Å². The molecule has 0 spiro atoms. The van der Waals surface area contributed by atoms with E-state index in [1.54, 1.807) is 0 Å². The van der Waals surface area contributed by atoms with Crippen molar-refractivity contribution in [3.63, 3.8) is 0 Å². The van der Waals surface area contributed by atoms with Crippen LogP contribution in [0.25, 0.3) is 16.8 Å². The van der Waals surface area contributed by atoms with Crippen molar-refractivity contribution in [2.75, 3.05) is 18.8 Å². The Labute approximate surface area is 199 Å². The zero-order valence-electron chi connectivity index (χ0n) is 18.6. The number of nitrogens with two attached hydrogens (primary N) is 1. The van der Waals surface area contributed by atoms with Crippen LogP contribution < -0.4 is 5.73 Å². The zero-order chi connectivity index (χ0) is 25.3. The van der Waals surface area contributed by atoms with Crippen LogP contribution in [0.5, 0.6) is 0 Å². The van der Waals surface area contributed by atoms with Crippen molar-refractivity contribution < 1.29 is 31.1 Å². The molecule has 3 N–H and O–H groups in total. The number of sulfonamides is 1. The van der Waals surface area contributed by atoms with E-state index >= 15 is 0 Å². The summed E-state index contributed by atoms with van der Waals surface area (Å²) in [5.74, 6) is -1.47. The lowest BCUT2D eigenvalue weighted by molar-refractivity contribution is 0.108. The number of nitrogens with zero attached hydrogens (tertiary/aromatic N) is 4. The van der Waals surface area contributed by atoms with Gasteiger partial charge in [0.2, 0.25) is 22.4 Å². The van der Waals surface area contributed by atoms with Gasteiger partial charge in [0.1, 0.15) is 11.3 Å². The molecule has 0 radical (unpaired) electrons. The molecule has 2 aliphatic rings. The first-order valence-corrected chi connectivity index (χ1v) is 12.6. The van der Waals surface area contributed by atoms with Crippen LogP contribution in [-0.4, -0.2) is 63.3 Å². The van der Waals surface area contributed by atoms with E-state index in [2.05, 4.69) is 10.1 Å². The highest BCUT2D eigenvalue weighted by Crippen LogP contribution is 2.32. The number of piperidine rings is 1. The van der Waals surface area contributed by atoms with E-state index in [0.29, 0.717) is 13.1 Å². The summed E-state index contributed by atoms with van der Waals surface area (Å²) in [4.78, 5) is 3.67. The Hall–Kier alpha value is -2.77. The standard InChI is InChI=1S/C14H10F4N4.C8H15NO3S/c15-9-3-7(4-13(17)18)1-2-8(9)11-5-10(16)12-6-20-14(19)21-22(11)12;10-7-2-1-5-9(6-7)13(11,12)8-3-4-8/h1-3,5-6,13H,4H2,(H2,19,21);7-8,10H,1-6H2. The minimum absolute atomic E-state index is 0.0371. The molecule has 2 aromatic heterocycles. The van der Waals surface area contributed by atoms with Gasteiger partial charge in [-0.1, -0.05) is 6.07 Å². The smallest absolute Gasteiger partial charge is 0.242 e. The molecule has 190 valence electrons. The summed E-state index contributed by atoms with van der Waals surface area (Å²) in [6, 6.07) is 4.77. The van der Waals surface area contributed by atoms with Gasteiger partial charge in [-0.25, -0.2) is 35.5 Å². The number of β-amino-alcohol motifs (C(OH)–C–C–N with tert-alkyl or cyclic N) is 1. The fraction of sp³-hybridized carbons (Fsp3) is 0.455. The van der Waals surface area contributed by atoms with Crippen LogP contribution in [0.15, 0.2) is 30.5 Å². The van der Waals surface area contributed by atoms with Crippen molar-refractivity contribution in [3.05, 3.63) is 47.7 Å². The Bertz CT molecular complexity index is 1310. The van der Waals surface area contributed by atoms with Crippen LogP contribution >= 0.6 is 0 Å². The van der Waals surface area contributed by atoms with E-state index in [-0.39, 0.29) is 33.5 Å². The van der Waals surface area contributed by atoms with Gasteiger partial charge in [-0.15, -0.1) is 5.10 Å². The number of aliphatic hydroxyl groups excluding tert-OH is 1. The Morgan fingerprint density at radius 3 is 2.51 bits per heavy atom. The van der Waals surface area contributed by atoms with Gasteiger partial charge in [-0.2, -0.15) is 4.31 Å². The molecule has 3 heterocycles. The van der Waals surface area contributed by atoms with E-state index < -0.39 is 40.6 Å². The number of hydrogen-bond acceptors (Lipinski definition) is 6. The molecule has 1 aliphatic heterocycles. The molecule has 0 bridgehead atoms. The minimum Gasteiger partial charge on any atom is -0.392 e. The van der Waals surface area contributed by atoms with Gasteiger partial charge < -0.3 is 10.8 Å². The number of aliphatic hydroxyl groups is 1. The average molecular weight is 516 g/mol. The SMILES string of the molecule is Nc1ncc2c(F)cc(-c3ccc(CC(F)F)cc3F)n2n1.O=S(=O)(C1CC1)N1CCCC(O)C1. The first-order chi connectivity index (χ1) is 16.6. The van der Waals surface area contributed by atoms with Crippen molar-refractivity contribution in [1.82, 2.24) is 18.9 Å². The molecule has 1 aliphatic carbocycles. The molecule has 2 fully saturated rings. The van der Waals surface area contributed by atoms with Crippen molar-refractivity contribution in [2.24, 2.45) is 0 Å². The summed E-state index contributed by atoms with van der Waals surface area (Å²) in [5.41, 5.74) is 5.82. The second-order valence-corrected chi connectivity index (χ2v) is 10.8. The van der Waals surface area contributed by atoms with Gasteiger partial charge in [0, 0.05) is 31.1 Å². The van der Waals surface area contributed by atoms with Crippen LogP contribution in [0, 0.1) is 11.6 Å². The average Bonchev–Trinajstić information content (AvgIpc) is 3.60. The van der Waals surface area contributed by atoms with Crippen LogP contribution in [0.3, 0.4) is 0 Å². The normalized spacial score (nSPS) is 19.1. The maximum Gasteiger partial charge on any atom is 0.242 e. The quantitative estimate of drug-likeness (QED) is 0.505. The number of benzene rings is 1. The lowest BCUT2D eigenvalue weighted by Gasteiger charge is -2.29. The summed E-state index contributed by atoms with van der Waals surface area (Å²) < 4.78 is 78.7. The van der Waals surface area contributed by atoms with Gasteiger partial charge in [-0.05, 0) is 43.4 Å². The number of aromatic nitrogens is 3. The summed E-state index contributed by atoms with van der Waals surface area (Å²) in [5, 5.41) is 13.0. The van der Waals surface area contributed by atoms with E-state index in [0.717, 1.165) is 42.3 Å². The number of alkyl halides is 2. The van der Waals surface area contributed by atoms with E-state index in [9.17, 15) is 31.1 Å². The summed E-state index contributed by atoms with van der Waals surface area (Å²) >= 11 is 0. The number of halogens is 4. The summed E-state index contributed by atoms with van der Waals surface area (Å²) in [6.45, 7) is 0.898. The van der Waals surface area contributed by atoms with Gasteiger partial charge in [-0.3, -0.25) is 0 Å². The molecule has 1 saturated heterocycles. The van der Waals surface area contributed by atoms with Gasteiger partial charge >= 0.3 is 0 Å². The molecular formula is C22H25F4N5O3S. The van der Waals surface area contributed by atoms with E-state index in [4.69, 9.17) is 5.73 Å². The molecule has 1 aromatic carbocycles. The zero-order valence-corrected chi connectivity index (χ0v) is 19.4. The number of anilines is 1. The predicted octanol–water partition coefficient (Wildman–Crippen LogP) is 3.00. The lowest BCUT2D eigenvalue weighted by Crippen LogP contribution is -2.43. The number of nitrogen functional groups attached to an aromatic ring is 1. The first kappa shape index (κ1) is 25.3. The van der Waals surface area contributed by atoms with Crippen molar-refractivity contribution >= 4 is 21.5 Å². The first-order valence-electron chi connectivity index (χ1n) is 11.1. The minimum atomic E-state index is -3.05. The predicted molar refractivity (Wildman–Crippen MR) is 121 cm³/mol. The lowest BCUT2D eigenvalue weighted by atomic mass is 10.1. The van der Waals surface area contributed by atoms with Crippen LogP contribution in [0.1, 0.15) is 31.2 Å². The molecular weight excluding hydrogens is 490 g/mol. The monoisotopic (exact) mass is 515 g/mol. The summed E-state index contributed by atoms with van der Waals surface area (Å²) in [6.07, 6.45) is 0.736. The maximum atomic E-state index is 14.2. The molecule has 5 rings (SSSR count). The number of hydrogen-bond donors (Lipinski definition) is 2. The highest BCUT2D eigenvalue weighted by atomic mass is 32.2. The van der Waals surface area contributed by atoms with Crippen LogP contribution in [0.2, 0.25) is 0 Å². The fourth-order valence-corrected chi connectivity index (χ4v) is 5.87. The van der Waals surface area contributed by atoms with Crippen LogP contribution in [-0.2, 0) is 16.4 Å². The molecule has 1 saturated carbocycles. The highest BCUT2D eigenvalue weighted by molar-refractivity contribution is 7.90. The van der Waals surface area contributed by atoms with Gasteiger partial charge in [0.25, 0.3) is 0 Å². The van der Waals surface area contributed by atoms with E-state index in [1.165, 1.54) is 22.6 Å². The summed E-state index contributed by atoms with van der Waals surface area (Å²) in [7, 11) is -3.05. The van der Waals surface area contributed by atoms with Crippen molar-refractivity contribution in [2.45, 2.75) is 49.9 Å². The highest BCUT2D eigenvalue weighted by Gasteiger charge is 2.41. The third-order valence-electron chi connectivity index (χ3n) is 5.85. The number of fused-ring (bicyclic) bond motifs is 1. The Morgan fingerprint density at radius 2 is 1.89 bits per heavy atom. The van der Waals surface area contributed by atoms with Crippen LogP contribution in [0.4, 0.5) is 23.5 Å². The molecule has 1 atom stereocenters. The third kappa shape index (κ3) is 5.73. The third-order valence-corrected chi connectivity index (χ3v) is 8.22. The Balaban J connectivity index is 0.000000189. The van der Waals surface area contributed by atoms with Crippen molar-refractivity contribution in [1.29, 1.82) is 0 Å². The number of rotatable bonds is 5. The Morgan fingerprint density at radius 1 is 1.14 bits per heavy atom. The Kier molecular flexibility index (Phi) is 7.29. The van der Waals surface area contributed by atoms with Gasteiger partial charge in [0.05, 0.1) is 23.2 Å². The molecule has 1 unspecified atom stereocenters. The molecule has 0 amide bonds. The largest absolute Gasteiger partial charge is 0.392 e. The molecule has 3 aromatic rings. The maximum absolute atomic E-state index is 14.2. The topological polar surface area (TPSA) is 114 Å². The molecule has 35 heavy (non-hydrogen) atoms. The second-order valence-electron chi connectivity index (χ2n) is 8.60. The molecule has 13 heteroatoms.